The second-order valence-electron chi connectivity index (χ2n) is 5.49. The van der Waals surface area contributed by atoms with E-state index in [9.17, 15) is 8.42 Å². The predicted octanol–water partition coefficient (Wildman–Crippen LogP) is 3.61. The fraction of sp³-hybridized carbons (Fsp3) is 0.167. The topological polar surface area (TPSA) is 68.3 Å². The number of aryl methyl sites for hydroxylation is 1. The van der Waals surface area contributed by atoms with E-state index in [1.807, 2.05) is 36.6 Å². The van der Waals surface area contributed by atoms with Crippen molar-refractivity contribution in [2.75, 3.05) is 7.11 Å². The van der Waals surface area contributed by atoms with Crippen LogP contribution in [0.25, 0.3) is 11.3 Å². The third kappa shape index (κ3) is 4.25. The highest BCUT2D eigenvalue weighted by molar-refractivity contribution is 7.89. The van der Waals surface area contributed by atoms with Crippen molar-refractivity contribution >= 4 is 21.4 Å². The quantitative estimate of drug-likeness (QED) is 0.716. The van der Waals surface area contributed by atoms with Gasteiger partial charge >= 0.3 is 0 Å². The molecule has 130 valence electrons. The first-order chi connectivity index (χ1) is 12.0. The Balaban J connectivity index is 1.69. The first-order valence-electron chi connectivity index (χ1n) is 7.63. The molecule has 25 heavy (non-hydrogen) atoms. The number of thiazole rings is 1. The molecule has 1 N–H and O–H groups in total. The van der Waals surface area contributed by atoms with Gasteiger partial charge in [-0.2, -0.15) is 0 Å². The van der Waals surface area contributed by atoms with E-state index in [0.29, 0.717) is 5.01 Å². The number of hydrogen-bond acceptors (Lipinski definition) is 5. The fourth-order valence-electron chi connectivity index (χ4n) is 2.24. The molecule has 0 amide bonds. The Morgan fingerprint density at radius 2 is 1.76 bits per heavy atom. The van der Waals surface area contributed by atoms with Crippen LogP contribution in [0.15, 0.2) is 58.8 Å². The van der Waals surface area contributed by atoms with Crippen LogP contribution in [-0.2, 0) is 16.6 Å². The standard InChI is InChI=1S/C18H18N2O3S2/c1-13-3-9-16(10-4-13)25(21,22)19-11-18-20-17(12-24-18)14-5-7-15(23-2)8-6-14/h3-10,12,19H,11H2,1-2H3. The zero-order valence-corrected chi connectivity index (χ0v) is 15.5. The van der Waals surface area contributed by atoms with Crippen LogP contribution < -0.4 is 9.46 Å². The highest BCUT2D eigenvalue weighted by Crippen LogP contribution is 2.24. The molecule has 7 heteroatoms. The zero-order chi connectivity index (χ0) is 17.9. The van der Waals surface area contributed by atoms with Crippen molar-refractivity contribution in [3.8, 4) is 17.0 Å². The molecule has 0 radical (unpaired) electrons. The third-order valence-corrected chi connectivity index (χ3v) is 5.95. The minimum absolute atomic E-state index is 0.164. The zero-order valence-electron chi connectivity index (χ0n) is 13.9. The summed E-state index contributed by atoms with van der Waals surface area (Å²) in [5.74, 6) is 0.782. The monoisotopic (exact) mass is 374 g/mol. The van der Waals surface area contributed by atoms with Crippen molar-refractivity contribution in [3.63, 3.8) is 0 Å². The van der Waals surface area contributed by atoms with Gasteiger partial charge < -0.3 is 4.74 Å². The number of hydrogen-bond donors (Lipinski definition) is 1. The van der Waals surface area contributed by atoms with Gasteiger partial charge in [0.2, 0.25) is 10.0 Å². The maximum atomic E-state index is 12.3. The average Bonchev–Trinajstić information content (AvgIpc) is 3.10. The molecule has 0 aliphatic carbocycles. The molecule has 0 bridgehead atoms. The average molecular weight is 374 g/mol. The molecule has 0 spiro atoms. The molecule has 0 saturated heterocycles. The lowest BCUT2D eigenvalue weighted by molar-refractivity contribution is 0.415. The van der Waals surface area contributed by atoms with Gasteiger partial charge in [-0.15, -0.1) is 11.3 Å². The summed E-state index contributed by atoms with van der Waals surface area (Å²) in [6.45, 7) is 2.08. The molecule has 3 aromatic rings. The van der Waals surface area contributed by atoms with Crippen LogP contribution in [0, 0.1) is 6.92 Å². The minimum atomic E-state index is -3.54. The van der Waals surface area contributed by atoms with E-state index >= 15 is 0 Å². The van der Waals surface area contributed by atoms with Crippen LogP contribution in [0.3, 0.4) is 0 Å². The highest BCUT2D eigenvalue weighted by atomic mass is 32.2. The molecule has 3 rings (SSSR count). The summed E-state index contributed by atoms with van der Waals surface area (Å²) in [6.07, 6.45) is 0. The van der Waals surface area contributed by atoms with Gasteiger partial charge in [0.15, 0.2) is 0 Å². The summed E-state index contributed by atoms with van der Waals surface area (Å²) in [7, 11) is -1.92. The van der Waals surface area contributed by atoms with E-state index in [4.69, 9.17) is 4.74 Å². The normalized spacial score (nSPS) is 11.4. The first kappa shape index (κ1) is 17.6. The van der Waals surface area contributed by atoms with Crippen molar-refractivity contribution in [2.45, 2.75) is 18.4 Å². The van der Waals surface area contributed by atoms with Gasteiger partial charge in [0.1, 0.15) is 10.8 Å². The summed E-state index contributed by atoms with van der Waals surface area (Å²) in [4.78, 5) is 4.75. The van der Waals surface area contributed by atoms with Crippen molar-refractivity contribution in [3.05, 3.63) is 64.5 Å². The van der Waals surface area contributed by atoms with Crippen LogP contribution in [0.5, 0.6) is 5.75 Å². The maximum Gasteiger partial charge on any atom is 0.240 e. The van der Waals surface area contributed by atoms with Gasteiger partial charge in [-0.3, -0.25) is 0 Å². The summed E-state index contributed by atoms with van der Waals surface area (Å²) >= 11 is 1.42. The van der Waals surface area contributed by atoms with E-state index in [0.717, 1.165) is 22.6 Å². The highest BCUT2D eigenvalue weighted by Gasteiger charge is 2.14. The molecule has 0 aliphatic rings. The molecule has 1 heterocycles. The number of nitrogens with zero attached hydrogens (tertiary/aromatic N) is 1. The molecular formula is C18H18N2O3S2. The van der Waals surface area contributed by atoms with Gasteiger partial charge in [-0.05, 0) is 43.3 Å². The second kappa shape index (κ2) is 7.35. The van der Waals surface area contributed by atoms with Crippen molar-refractivity contribution in [2.24, 2.45) is 0 Å². The number of benzene rings is 2. The van der Waals surface area contributed by atoms with Crippen LogP contribution in [0.4, 0.5) is 0 Å². The van der Waals surface area contributed by atoms with Crippen LogP contribution in [-0.4, -0.2) is 20.5 Å². The Hall–Kier alpha value is -2.22. The minimum Gasteiger partial charge on any atom is -0.497 e. The van der Waals surface area contributed by atoms with Gasteiger partial charge in [-0.1, -0.05) is 17.7 Å². The summed E-state index contributed by atoms with van der Waals surface area (Å²) < 4.78 is 32.4. The van der Waals surface area contributed by atoms with Gasteiger partial charge in [0, 0.05) is 10.9 Å². The molecule has 2 aromatic carbocycles. The molecule has 5 nitrogen and oxygen atoms in total. The smallest absolute Gasteiger partial charge is 0.240 e. The van der Waals surface area contributed by atoms with E-state index in [1.165, 1.54) is 11.3 Å². The molecular weight excluding hydrogens is 356 g/mol. The largest absolute Gasteiger partial charge is 0.497 e. The maximum absolute atomic E-state index is 12.3. The van der Waals surface area contributed by atoms with Crippen molar-refractivity contribution in [1.82, 2.24) is 9.71 Å². The Morgan fingerprint density at radius 3 is 2.40 bits per heavy atom. The number of ether oxygens (including phenoxy) is 1. The van der Waals surface area contributed by atoms with E-state index in [2.05, 4.69) is 9.71 Å². The number of methoxy groups -OCH3 is 1. The second-order valence-corrected chi connectivity index (χ2v) is 8.20. The number of nitrogens with one attached hydrogen (secondary N) is 1. The van der Waals surface area contributed by atoms with Crippen molar-refractivity contribution < 1.29 is 13.2 Å². The summed E-state index contributed by atoms with van der Waals surface area (Å²) in [6, 6.07) is 14.3. The SMILES string of the molecule is COc1ccc(-c2csc(CNS(=O)(=O)c3ccc(C)cc3)n2)cc1. The Bertz CT molecular complexity index is 947. The number of aromatic nitrogens is 1. The Kier molecular flexibility index (Phi) is 5.17. The Labute approximate surface area is 151 Å². The molecule has 1 aromatic heterocycles. The fourth-order valence-corrected chi connectivity index (χ4v) is 4.07. The van der Waals surface area contributed by atoms with Gasteiger partial charge in [0.25, 0.3) is 0 Å². The van der Waals surface area contributed by atoms with Crippen LogP contribution >= 0.6 is 11.3 Å². The van der Waals surface area contributed by atoms with Crippen LogP contribution in [0.1, 0.15) is 10.6 Å². The number of sulfonamides is 1. The lowest BCUT2D eigenvalue weighted by Gasteiger charge is -2.05. The molecule has 0 unspecified atom stereocenters. The van der Waals surface area contributed by atoms with E-state index in [1.54, 1.807) is 31.4 Å². The Morgan fingerprint density at radius 1 is 1.08 bits per heavy atom. The molecule has 0 fully saturated rings. The molecule has 0 aliphatic heterocycles. The molecule has 0 saturated carbocycles. The van der Waals surface area contributed by atoms with Gasteiger partial charge in [-0.25, -0.2) is 18.1 Å². The predicted molar refractivity (Wildman–Crippen MR) is 99.3 cm³/mol. The summed E-state index contributed by atoms with van der Waals surface area (Å²) in [5.41, 5.74) is 2.80. The van der Waals surface area contributed by atoms with E-state index < -0.39 is 10.0 Å². The van der Waals surface area contributed by atoms with Crippen LogP contribution in [0.2, 0.25) is 0 Å². The third-order valence-electron chi connectivity index (χ3n) is 3.68. The van der Waals surface area contributed by atoms with Crippen molar-refractivity contribution in [1.29, 1.82) is 0 Å². The number of rotatable bonds is 6. The molecule has 0 atom stereocenters. The lowest BCUT2D eigenvalue weighted by Crippen LogP contribution is -2.23. The first-order valence-corrected chi connectivity index (χ1v) is 9.99. The summed E-state index contributed by atoms with van der Waals surface area (Å²) in [5, 5.41) is 2.62. The van der Waals surface area contributed by atoms with Gasteiger partial charge in [0.05, 0.1) is 24.2 Å². The van der Waals surface area contributed by atoms with E-state index in [-0.39, 0.29) is 11.4 Å². The lowest BCUT2D eigenvalue weighted by atomic mass is 10.2.